The Morgan fingerprint density at radius 3 is 1.51 bits per heavy atom. The van der Waals surface area contributed by atoms with Crippen LogP contribution in [0.4, 0.5) is 0 Å². The summed E-state index contributed by atoms with van der Waals surface area (Å²) in [7, 11) is -3.05. The smallest absolute Gasteiger partial charge is 0.333 e. The summed E-state index contributed by atoms with van der Waals surface area (Å²) in [5, 5.41) is 0. The summed E-state index contributed by atoms with van der Waals surface area (Å²) in [4.78, 5) is 11.6. The van der Waals surface area contributed by atoms with Gasteiger partial charge in [0.2, 0.25) is 0 Å². The zero-order chi connectivity index (χ0) is 26.8. The zero-order valence-electron chi connectivity index (χ0n) is 23.7. The molecule has 208 valence electrons. The second-order valence-electron chi connectivity index (χ2n) is 10.3. The molecule has 0 aliphatic carbocycles. The summed E-state index contributed by atoms with van der Waals surface area (Å²) in [5.74, 6) is -0.333. The minimum atomic E-state index is -2.44. The van der Waals surface area contributed by atoms with Gasteiger partial charge in [0.25, 0.3) is 0 Å². The molecule has 11 heteroatoms. The van der Waals surface area contributed by atoms with Crippen molar-refractivity contribution in [2.45, 2.75) is 77.1 Å². The number of ether oxygens (including phenoxy) is 5. The highest BCUT2D eigenvalue weighted by atomic mass is 28.5. The first-order valence-electron chi connectivity index (χ1n) is 12.7. The topological polar surface area (TPSA) is 81.7 Å². The number of rotatable bonds is 23. The van der Waals surface area contributed by atoms with Gasteiger partial charge < -0.3 is 31.9 Å². The number of esters is 1. The van der Waals surface area contributed by atoms with Gasteiger partial charge in [0.1, 0.15) is 0 Å². The SMILES string of the molecule is C=C(C)C(=O)OCCC[Si](C)(C)O[Si](C)(CCCOCCOC)O[Si](C)(C)CCCOCCOC. The fourth-order valence-corrected chi connectivity index (χ4v) is 18.1. The van der Waals surface area contributed by atoms with E-state index >= 15 is 0 Å². The largest absolute Gasteiger partial charge is 0.462 e. The Morgan fingerprint density at radius 1 is 0.657 bits per heavy atom. The van der Waals surface area contributed by atoms with Gasteiger partial charge in [-0.3, -0.25) is 0 Å². The Labute approximate surface area is 217 Å². The van der Waals surface area contributed by atoms with Crippen molar-refractivity contribution >= 4 is 31.2 Å². The second kappa shape index (κ2) is 18.8. The van der Waals surface area contributed by atoms with E-state index in [1.807, 2.05) is 0 Å². The highest BCUT2D eigenvalue weighted by Crippen LogP contribution is 2.29. The summed E-state index contributed by atoms with van der Waals surface area (Å²) in [6.45, 7) is 20.7. The molecule has 0 fully saturated rings. The van der Waals surface area contributed by atoms with Gasteiger partial charge in [-0.2, -0.15) is 0 Å². The van der Waals surface area contributed by atoms with Crippen molar-refractivity contribution < 1.29 is 36.7 Å². The van der Waals surface area contributed by atoms with Gasteiger partial charge in [-0.15, -0.1) is 0 Å². The molecule has 0 heterocycles. The van der Waals surface area contributed by atoms with Crippen molar-refractivity contribution in [2.24, 2.45) is 0 Å². The van der Waals surface area contributed by atoms with Gasteiger partial charge in [-0.05, 0) is 77.1 Å². The van der Waals surface area contributed by atoms with E-state index < -0.39 is 25.2 Å². The van der Waals surface area contributed by atoms with E-state index in [9.17, 15) is 4.79 Å². The van der Waals surface area contributed by atoms with E-state index in [-0.39, 0.29) is 5.97 Å². The molecule has 0 saturated heterocycles. The maximum absolute atomic E-state index is 11.6. The third-order valence-electron chi connectivity index (χ3n) is 5.34. The predicted molar refractivity (Wildman–Crippen MR) is 148 cm³/mol. The van der Waals surface area contributed by atoms with Crippen LogP contribution in [0, 0.1) is 0 Å². The fraction of sp³-hybridized carbons (Fsp3) is 0.875. The van der Waals surface area contributed by atoms with Gasteiger partial charge in [0.15, 0.2) is 16.6 Å². The van der Waals surface area contributed by atoms with Crippen LogP contribution in [0.1, 0.15) is 26.2 Å². The van der Waals surface area contributed by atoms with Gasteiger partial charge in [0.05, 0.1) is 33.0 Å². The molecule has 0 bridgehead atoms. The van der Waals surface area contributed by atoms with Gasteiger partial charge >= 0.3 is 14.5 Å². The third-order valence-corrected chi connectivity index (χ3v) is 17.6. The fourth-order valence-electron chi connectivity index (χ4n) is 3.76. The Bertz CT molecular complexity index is 589. The standard InChI is InChI=1S/C24H52O8Si3/c1-23(2)24(25)30-15-12-21-34(7,8)32-35(9,22-11-14-29-19-17-27-4)31-33(5,6)20-10-13-28-18-16-26-3/h1,10-22H2,2-9H3. The minimum Gasteiger partial charge on any atom is -0.462 e. The van der Waals surface area contributed by atoms with E-state index in [0.717, 1.165) is 44.0 Å². The van der Waals surface area contributed by atoms with Gasteiger partial charge in [-0.1, -0.05) is 6.58 Å². The molecule has 0 spiro atoms. The van der Waals surface area contributed by atoms with Crippen LogP contribution >= 0.6 is 0 Å². The molecule has 1 unspecified atom stereocenters. The van der Waals surface area contributed by atoms with Crippen molar-refractivity contribution in [1.82, 2.24) is 0 Å². The molecule has 0 aliphatic heterocycles. The summed E-state index contributed by atoms with van der Waals surface area (Å²) in [6, 6.07) is 2.82. The van der Waals surface area contributed by atoms with Crippen molar-refractivity contribution in [3.63, 3.8) is 0 Å². The normalized spacial score (nSPS) is 14.1. The molecule has 0 aromatic carbocycles. The Balaban J connectivity index is 4.93. The number of carbonyl (C=O) groups is 1. The van der Waals surface area contributed by atoms with Crippen LogP contribution in [0.2, 0.25) is 50.9 Å². The van der Waals surface area contributed by atoms with Crippen LogP contribution in [-0.2, 0) is 36.7 Å². The third kappa shape index (κ3) is 19.4. The minimum absolute atomic E-state index is 0.333. The Kier molecular flexibility index (Phi) is 18.6. The van der Waals surface area contributed by atoms with Crippen molar-refractivity contribution in [1.29, 1.82) is 0 Å². The van der Waals surface area contributed by atoms with Crippen molar-refractivity contribution in [2.75, 3.05) is 60.5 Å². The average molecular weight is 553 g/mol. The monoisotopic (exact) mass is 552 g/mol. The zero-order valence-corrected chi connectivity index (χ0v) is 26.7. The molecule has 0 N–H and O–H groups in total. The van der Waals surface area contributed by atoms with Crippen LogP contribution in [0.3, 0.4) is 0 Å². The van der Waals surface area contributed by atoms with Crippen LogP contribution in [0.15, 0.2) is 12.2 Å². The lowest BCUT2D eigenvalue weighted by Crippen LogP contribution is -2.54. The highest BCUT2D eigenvalue weighted by Gasteiger charge is 2.42. The first kappa shape index (κ1) is 34.6. The highest BCUT2D eigenvalue weighted by molar-refractivity contribution is 6.88. The molecule has 0 aromatic heterocycles. The molecular formula is C24H52O8Si3. The summed E-state index contributed by atoms with van der Waals surface area (Å²) in [5.41, 5.74) is 0.426. The predicted octanol–water partition coefficient (Wildman–Crippen LogP) is 5.12. The number of methoxy groups -OCH3 is 2. The summed E-state index contributed by atoms with van der Waals surface area (Å²) >= 11 is 0. The lowest BCUT2D eigenvalue weighted by molar-refractivity contribution is -0.138. The van der Waals surface area contributed by atoms with E-state index in [4.69, 9.17) is 31.9 Å². The van der Waals surface area contributed by atoms with Gasteiger partial charge in [0, 0.05) is 33.0 Å². The number of hydrogen-bond donors (Lipinski definition) is 0. The quantitative estimate of drug-likeness (QED) is 0.0748. The van der Waals surface area contributed by atoms with E-state index in [1.165, 1.54) is 0 Å². The van der Waals surface area contributed by atoms with E-state index in [2.05, 4.69) is 39.3 Å². The van der Waals surface area contributed by atoms with Crippen LogP contribution in [-0.4, -0.2) is 91.6 Å². The van der Waals surface area contributed by atoms with Gasteiger partial charge in [-0.25, -0.2) is 4.79 Å². The molecule has 0 rings (SSSR count). The van der Waals surface area contributed by atoms with Crippen LogP contribution < -0.4 is 0 Å². The molecule has 8 nitrogen and oxygen atoms in total. The van der Waals surface area contributed by atoms with E-state index in [0.29, 0.717) is 45.2 Å². The molecule has 0 aliphatic rings. The Hall–Kier alpha value is -0.379. The number of hydrogen-bond acceptors (Lipinski definition) is 8. The summed E-state index contributed by atoms with van der Waals surface area (Å²) in [6.07, 6.45) is 2.66. The van der Waals surface area contributed by atoms with Crippen LogP contribution in [0.25, 0.3) is 0 Å². The molecule has 0 amide bonds. The Morgan fingerprint density at radius 2 is 1.09 bits per heavy atom. The number of carbonyl (C=O) groups excluding carboxylic acids is 1. The maximum atomic E-state index is 11.6. The first-order valence-corrected chi connectivity index (χ1v) is 21.5. The molecule has 1 atom stereocenters. The summed E-state index contributed by atoms with van der Waals surface area (Å²) < 4.78 is 40.5. The lowest BCUT2D eigenvalue weighted by Gasteiger charge is -2.41. The van der Waals surface area contributed by atoms with Crippen LogP contribution in [0.5, 0.6) is 0 Å². The molecule has 0 aromatic rings. The molecule has 35 heavy (non-hydrogen) atoms. The average Bonchev–Trinajstić information content (AvgIpc) is 2.75. The molecule has 0 saturated carbocycles. The first-order chi connectivity index (χ1) is 16.4. The van der Waals surface area contributed by atoms with E-state index in [1.54, 1.807) is 21.1 Å². The second-order valence-corrected chi connectivity index (χ2v) is 22.7. The van der Waals surface area contributed by atoms with Crippen molar-refractivity contribution in [3.05, 3.63) is 12.2 Å². The molecule has 0 radical (unpaired) electrons. The maximum Gasteiger partial charge on any atom is 0.333 e. The molecular weight excluding hydrogens is 501 g/mol. The lowest BCUT2D eigenvalue weighted by atomic mass is 10.4. The van der Waals surface area contributed by atoms with Crippen molar-refractivity contribution in [3.8, 4) is 0 Å².